The molecule has 0 aliphatic rings. The number of aromatic nitrogens is 3. The minimum atomic E-state index is -0.328. The monoisotopic (exact) mass is 272 g/mol. The molecule has 0 bridgehead atoms. The Kier molecular flexibility index (Phi) is 3.32. The fourth-order valence-corrected chi connectivity index (χ4v) is 1.88. The molecule has 0 aliphatic heterocycles. The van der Waals surface area contributed by atoms with Gasteiger partial charge in [-0.2, -0.15) is 5.10 Å². The number of amides is 1. The van der Waals surface area contributed by atoms with Crippen molar-refractivity contribution in [3.63, 3.8) is 0 Å². The van der Waals surface area contributed by atoms with Crippen LogP contribution in [-0.4, -0.2) is 27.4 Å². The van der Waals surface area contributed by atoms with E-state index >= 15 is 0 Å². The van der Waals surface area contributed by atoms with Crippen molar-refractivity contribution >= 4 is 5.91 Å². The zero-order chi connectivity index (χ0) is 13.8. The molecular formula is C13H12N4O3. The Hall–Kier alpha value is -2.83. The number of nitrogens with one attached hydrogen (secondary N) is 1. The predicted molar refractivity (Wildman–Crippen MR) is 67.9 cm³/mol. The maximum atomic E-state index is 11.8. The van der Waals surface area contributed by atoms with Gasteiger partial charge in [0.25, 0.3) is 5.91 Å². The Balaban J connectivity index is 1.73. The minimum Gasteiger partial charge on any atom is -0.467 e. The van der Waals surface area contributed by atoms with Crippen LogP contribution in [0.1, 0.15) is 22.4 Å². The SMILES string of the molecule is O=C(NC[C@H](c1ccco1)n1cccn1)c1ccno1. The third-order valence-electron chi connectivity index (χ3n) is 2.83. The lowest BCUT2D eigenvalue weighted by Gasteiger charge is -2.15. The highest BCUT2D eigenvalue weighted by Crippen LogP contribution is 2.17. The largest absolute Gasteiger partial charge is 0.467 e. The summed E-state index contributed by atoms with van der Waals surface area (Å²) in [5.74, 6) is 0.557. The smallest absolute Gasteiger partial charge is 0.289 e. The molecule has 7 heteroatoms. The van der Waals surface area contributed by atoms with Gasteiger partial charge in [-0.25, -0.2) is 0 Å². The fourth-order valence-electron chi connectivity index (χ4n) is 1.88. The van der Waals surface area contributed by atoms with Gasteiger partial charge in [0.2, 0.25) is 5.76 Å². The highest BCUT2D eigenvalue weighted by atomic mass is 16.5. The van der Waals surface area contributed by atoms with Crippen molar-refractivity contribution in [2.75, 3.05) is 6.54 Å². The van der Waals surface area contributed by atoms with Gasteiger partial charge in [0.1, 0.15) is 11.8 Å². The van der Waals surface area contributed by atoms with E-state index < -0.39 is 0 Å². The lowest BCUT2D eigenvalue weighted by Crippen LogP contribution is -2.31. The van der Waals surface area contributed by atoms with Crippen LogP contribution in [0.2, 0.25) is 0 Å². The summed E-state index contributed by atoms with van der Waals surface area (Å²) < 4.78 is 11.9. The molecule has 3 aromatic heterocycles. The molecule has 3 heterocycles. The third kappa shape index (κ3) is 2.46. The average molecular weight is 272 g/mol. The highest BCUT2D eigenvalue weighted by Gasteiger charge is 2.19. The van der Waals surface area contributed by atoms with Gasteiger partial charge in [-0.15, -0.1) is 0 Å². The molecule has 0 saturated carbocycles. The Morgan fingerprint density at radius 3 is 2.95 bits per heavy atom. The highest BCUT2D eigenvalue weighted by molar-refractivity contribution is 5.91. The summed E-state index contributed by atoms with van der Waals surface area (Å²) in [7, 11) is 0. The summed E-state index contributed by atoms with van der Waals surface area (Å²) in [5.41, 5.74) is 0. The zero-order valence-corrected chi connectivity index (χ0v) is 10.5. The van der Waals surface area contributed by atoms with Crippen molar-refractivity contribution in [1.82, 2.24) is 20.3 Å². The Labute approximate surface area is 114 Å². The van der Waals surface area contributed by atoms with Crippen molar-refractivity contribution < 1.29 is 13.7 Å². The number of rotatable bonds is 5. The molecule has 0 unspecified atom stereocenters. The maximum absolute atomic E-state index is 11.8. The van der Waals surface area contributed by atoms with E-state index in [0.717, 1.165) is 0 Å². The molecule has 0 saturated heterocycles. The first kappa shape index (κ1) is 12.2. The number of nitrogens with zero attached hydrogens (tertiary/aromatic N) is 3. The molecular weight excluding hydrogens is 260 g/mol. The number of carbonyl (C=O) groups excluding carboxylic acids is 1. The van der Waals surface area contributed by atoms with Gasteiger partial charge >= 0.3 is 0 Å². The van der Waals surface area contributed by atoms with Crippen molar-refractivity contribution in [1.29, 1.82) is 0 Å². The van der Waals surface area contributed by atoms with Crippen LogP contribution in [-0.2, 0) is 0 Å². The quantitative estimate of drug-likeness (QED) is 0.760. The molecule has 3 aromatic rings. The Bertz CT molecular complexity index is 610. The molecule has 1 atom stereocenters. The molecule has 0 spiro atoms. The topological polar surface area (TPSA) is 86.1 Å². The lowest BCUT2D eigenvalue weighted by atomic mass is 10.2. The van der Waals surface area contributed by atoms with Gasteiger partial charge in [-0.05, 0) is 18.2 Å². The van der Waals surface area contributed by atoms with Gasteiger partial charge in [0.05, 0.1) is 12.5 Å². The second-order valence-corrected chi connectivity index (χ2v) is 4.10. The molecule has 20 heavy (non-hydrogen) atoms. The molecule has 0 radical (unpaired) electrons. The first-order valence-corrected chi connectivity index (χ1v) is 6.06. The van der Waals surface area contributed by atoms with Crippen molar-refractivity contribution in [3.05, 3.63) is 60.6 Å². The normalized spacial score (nSPS) is 12.2. The molecule has 1 amide bonds. The second kappa shape index (κ2) is 5.43. The minimum absolute atomic E-state index is 0.170. The van der Waals surface area contributed by atoms with E-state index in [9.17, 15) is 4.79 Å². The molecule has 0 aromatic carbocycles. The summed E-state index contributed by atoms with van der Waals surface area (Å²) in [6.45, 7) is 0.328. The van der Waals surface area contributed by atoms with Crippen LogP contribution in [0.5, 0.6) is 0 Å². The van der Waals surface area contributed by atoms with Crippen molar-refractivity contribution in [3.8, 4) is 0 Å². The van der Waals surface area contributed by atoms with Gasteiger partial charge in [-0.3, -0.25) is 9.48 Å². The van der Waals surface area contributed by atoms with Crippen LogP contribution in [0.4, 0.5) is 0 Å². The summed E-state index contributed by atoms with van der Waals surface area (Å²) in [5, 5.41) is 10.4. The van der Waals surface area contributed by atoms with Crippen LogP contribution in [0.15, 0.2) is 58.1 Å². The summed E-state index contributed by atoms with van der Waals surface area (Å²) in [4.78, 5) is 11.8. The number of furan rings is 1. The van der Waals surface area contributed by atoms with Gasteiger partial charge in [0.15, 0.2) is 0 Å². The zero-order valence-electron chi connectivity index (χ0n) is 10.5. The summed E-state index contributed by atoms with van der Waals surface area (Å²) >= 11 is 0. The van der Waals surface area contributed by atoms with Gasteiger partial charge < -0.3 is 14.3 Å². The number of carbonyl (C=O) groups is 1. The van der Waals surface area contributed by atoms with E-state index in [1.807, 2.05) is 18.3 Å². The Morgan fingerprint density at radius 2 is 2.30 bits per heavy atom. The average Bonchev–Trinajstić information content (AvgIpc) is 3.22. The van der Waals surface area contributed by atoms with Crippen LogP contribution < -0.4 is 5.32 Å². The van der Waals surface area contributed by atoms with E-state index in [2.05, 4.69) is 15.6 Å². The predicted octanol–water partition coefficient (Wildman–Crippen LogP) is 1.48. The molecule has 0 aliphatic carbocycles. The van der Waals surface area contributed by atoms with E-state index in [1.165, 1.54) is 12.3 Å². The third-order valence-corrected chi connectivity index (χ3v) is 2.83. The molecule has 102 valence electrons. The molecule has 3 rings (SSSR count). The van der Waals surface area contributed by atoms with E-state index in [0.29, 0.717) is 12.3 Å². The fraction of sp³-hybridized carbons (Fsp3) is 0.154. The number of hydrogen-bond donors (Lipinski definition) is 1. The van der Waals surface area contributed by atoms with Crippen LogP contribution in [0.3, 0.4) is 0 Å². The molecule has 0 fully saturated rings. The van der Waals surface area contributed by atoms with Crippen molar-refractivity contribution in [2.24, 2.45) is 0 Å². The van der Waals surface area contributed by atoms with Crippen molar-refractivity contribution in [2.45, 2.75) is 6.04 Å². The standard InChI is InChI=1S/C13H12N4O3/c18-13(12-4-6-16-20-12)14-9-10(11-3-1-8-19-11)17-7-2-5-15-17/h1-8,10H,9H2,(H,14,18)/t10-/m1/s1. The van der Waals surface area contributed by atoms with Gasteiger partial charge in [0, 0.05) is 25.0 Å². The van der Waals surface area contributed by atoms with E-state index in [1.54, 1.807) is 23.2 Å². The van der Waals surface area contributed by atoms with E-state index in [4.69, 9.17) is 8.94 Å². The first-order chi connectivity index (χ1) is 9.84. The van der Waals surface area contributed by atoms with Crippen LogP contribution in [0, 0.1) is 0 Å². The van der Waals surface area contributed by atoms with Crippen LogP contribution >= 0.6 is 0 Å². The van der Waals surface area contributed by atoms with E-state index in [-0.39, 0.29) is 17.7 Å². The summed E-state index contributed by atoms with van der Waals surface area (Å²) in [6, 6.07) is 6.74. The maximum Gasteiger partial charge on any atom is 0.289 e. The molecule has 7 nitrogen and oxygen atoms in total. The second-order valence-electron chi connectivity index (χ2n) is 4.10. The lowest BCUT2D eigenvalue weighted by molar-refractivity contribution is 0.0911. The summed E-state index contributed by atoms with van der Waals surface area (Å²) in [6.07, 6.45) is 6.50. The first-order valence-electron chi connectivity index (χ1n) is 6.06. The number of hydrogen-bond acceptors (Lipinski definition) is 5. The van der Waals surface area contributed by atoms with Crippen LogP contribution in [0.25, 0.3) is 0 Å². The molecule has 1 N–H and O–H groups in total. The Morgan fingerprint density at radius 1 is 1.35 bits per heavy atom. The van der Waals surface area contributed by atoms with Gasteiger partial charge in [-0.1, -0.05) is 5.16 Å².